The molecule has 0 aliphatic rings. The van der Waals surface area contributed by atoms with Crippen molar-refractivity contribution in [1.29, 1.82) is 0 Å². The van der Waals surface area contributed by atoms with E-state index in [-0.39, 0.29) is 28.4 Å². The molecule has 0 fully saturated rings. The Hall–Kier alpha value is -4.76. The van der Waals surface area contributed by atoms with Crippen LogP contribution in [0.1, 0.15) is 18.5 Å². The van der Waals surface area contributed by atoms with Crippen LogP contribution in [0.2, 0.25) is 0 Å². The molecule has 0 saturated carbocycles. The summed E-state index contributed by atoms with van der Waals surface area (Å²) in [6.07, 6.45) is 4.06. The first-order chi connectivity index (χ1) is 19.0. The molecule has 0 aliphatic carbocycles. The first-order valence-corrected chi connectivity index (χ1v) is 13.2. The van der Waals surface area contributed by atoms with E-state index in [1.165, 1.54) is 40.3 Å². The lowest BCUT2D eigenvalue weighted by molar-refractivity contribution is -0.384. The second-order valence-electron chi connectivity index (χ2n) is 9.04. The third-order valence-electron chi connectivity index (χ3n) is 6.53. The van der Waals surface area contributed by atoms with Crippen molar-refractivity contribution in [2.45, 2.75) is 30.0 Å². The zero-order chi connectivity index (χ0) is 28.7. The third-order valence-corrected chi connectivity index (χ3v) is 7.93. The van der Waals surface area contributed by atoms with E-state index < -0.39 is 38.2 Å². The van der Waals surface area contributed by atoms with Crippen molar-refractivity contribution in [1.82, 2.24) is 24.5 Å². The highest BCUT2D eigenvalue weighted by Crippen LogP contribution is 2.38. The van der Waals surface area contributed by atoms with Crippen LogP contribution in [0.4, 0.5) is 20.2 Å². The number of hydrogen-bond donors (Lipinski definition) is 2. The van der Waals surface area contributed by atoms with Gasteiger partial charge in [-0.3, -0.25) is 19.5 Å². The molecule has 2 N–H and O–H groups in total. The van der Waals surface area contributed by atoms with Gasteiger partial charge in [-0.25, -0.2) is 26.9 Å². The quantitative estimate of drug-likeness (QED) is 0.201. The average Bonchev–Trinajstić information content (AvgIpc) is 3.57. The molecule has 5 aromatic rings. The van der Waals surface area contributed by atoms with Crippen molar-refractivity contribution in [3.63, 3.8) is 0 Å². The number of fused-ring (bicyclic) bond motifs is 1. The summed E-state index contributed by atoms with van der Waals surface area (Å²) in [5.41, 5.74) is -1.69. The molecule has 2 atom stereocenters. The number of hydrogen-bond acceptors (Lipinski definition) is 8. The Morgan fingerprint density at radius 3 is 2.50 bits per heavy atom. The summed E-state index contributed by atoms with van der Waals surface area (Å²) in [7, 11) is -4.06. The standard InChI is InChI=1S/C25H21F2N7O5S/c1-16(25(35,13-32-15-28-14-30-32)22-8-2-18(26)11-23(22)27)33-24-9-3-19(10-17(24)12-29-33)31-40(38,39)21-6-4-20(5-7-21)34(36)37/h2-12,14-16,31,35H,13H2,1H3. The van der Waals surface area contributed by atoms with Crippen molar-refractivity contribution >= 4 is 32.3 Å². The number of rotatable bonds is 9. The molecular weight excluding hydrogens is 548 g/mol. The Kier molecular flexibility index (Phi) is 6.77. The van der Waals surface area contributed by atoms with Crippen molar-refractivity contribution in [3.8, 4) is 0 Å². The monoisotopic (exact) mass is 569 g/mol. The van der Waals surface area contributed by atoms with Crippen LogP contribution >= 0.6 is 0 Å². The molecule has 0 saturated heterocycles. The molecule has 2 heterocycles. The van der Waals surface area contributed by atoms with Crippen molar-refractivity contribution < 1.29 is 27.2 Å². The predicted molar refractivity (Wildman–Crippen MR) is 139 cm³/mol. The van der Waals surface area contributed by atoms with Gasteiger partial charge in [0.2, 0.25) is 0 Å². The summed E-state index contributed by atoms with van der Waals surface area (Å²) in [5, 5.41) is 31.6. The SMILES string of the molecule is CC(n1ncc2cc(NS(=O)(=O)c3ccc([N+](=O)[O-])cc3)ccc21)C(O)(Cn1cncn1)c1ccc(F)cc1F. The second kappa shape index (κ2) is 10.1. The Morgan fingerprint density at radius 1 is 1.10 bits per heavy atom. The van der Waals surface area contributed by atoms with Crippen molar-refractivity contribution in [2.24, 2.45) is 0 Å². The Balaban J connectivity index is 1.48. The molecule has 12 nitrogen and oxygen atoms in total. The Morgan fingerprint density at radius 2 is 1.85 bits per heavy atom. The number of nitrogens with one attached hydrogen (secondary N) is 1. The zero-order valence-electron chi connectivity index (χ0n) is 20.7. The molecule has 2 unspecified atom stereocenters. The van der Waals surface area contributed by atoms with Gasteiger partial charge in [0.1, 0.15) is 29.9 Å². The number of halogens is 2. The number of benzene rings is 3. The molecule has 0 spiro atoms. The van der Waals surface area contributed by atoms with Gasteiger partial charge >= 0.3 is 0 Å². The summed E-state index contributed by atoms with van der Waals surface area (Å²) >= 11 is 0. The Labute approximate surface area is 225 Å². The summed E-state index contributed by atoms with van der Waals surface area (Å²) in [6.45, 7) is 1.38. The summed E-state index contributed by atoms with van der Waals surface area (Å²) in [4.78, 5) is 13.9. The third kappa shape index (κ3) is 4.99. The van der Waals surface area contributed by atoms with Crippen LogP contribution in [-0.4, -0.2) is 43.0 Å². The van der Waals surface area contributed by atoms with Crippen LogP contribution in [0, 0.1) is 21.7 Å². The number of non-ortho nitro benzene ring substituents is 1. The maximum absolute atomic E-state index is 14.9. The van der Waals surface area contributed by atoms with Gasteiger partial charge in [-0.1, -0.05) is 6.07 Å². The highest BCUT2D eigenvalue weighted by atomic mass is 32.2. The minimum Gasteiger partial charge on any atom is -0.381 e. The van der Waals surface area contributed by atoms with E-state index in [1.54, 1.807) is 13.0 Å². The molecular formula is C25H21F2N7O5S. The summed E-state index contributed by atoms with van der Waals surface area (Å²) in [6, 6.07) is 11.0. The van der Waals surface area contributed by atoms with Crippen LogP contribution in [0.3, 0.4) is 0 Å². The van der Waals surface area contributed by atoms with Gasteiger partial charge in [0.25, 0.3) is 15.7 Å². The first-order valence-electron chi connectivity index (χ1n) is 11.7. The molecule has 0 bridgehead atoms. The maximum atomic E-state index is 14.9. The fourth-order valence-electron chi connectivity index (χ4n) is 4.43. The molecule has 3 aromatic carbocycles. The molecule has 0 amide bonds. The second-order valence-corrected chi connectivity index (χ2v) is 10.7. The minimum absolute atomic E-state index is 0.165. The smallest absolute Gasteiger partial charge is 0.269 e. The number of nitro groups is 1. The van der Waals surface area contributed by atoms with Crippen LogP contribution in [0.15, 0.2) is 84.4 Å². The van der Waals surface area contributed by atoms with E-state index in [4.69, 9.17) is 0 Å². The summed E-state index contributed by atoms with van der Waals surface area (Å²) < 4.78 is 59.4. The van der Waals surface area contributed by atoms with Crippen molar-refractivity contribution in [3.05, 3.63) is 107 Å². The fourth-order valence-corrected chi connectivity index (χ4v) is 5.48. The van der Waals surface area contributed by atoms with Gasteiger partial charge in [-0.2, -0.15) is 10.2 Å². The van der Waals surface area contributed by atoms with Gasteiger partial charge in [0.05, 0.1) is 34.1 Å². The average molecular weight is 570 g/mol. The van der Waals surface area contributed by atoms with Crippen LogP contribution < -0.4 is 4.72 Å². The van der Waals surface area contributed by atoms with Crippen LogP contribution in [0.5, 0.6) is 0 Å². The van der Waals surface area contributed by atoms with Crippen LogP contribution in [-0.2, 0) is 22.2 Å². The van der Waals surface area contributed by atoms with Gasteiger partial charge in [0, 0.05) is 34.8 Å². The van der Waals surface area contributed by atoms with E-state index in [2.05, 4.69) is 19.9 Å². The lowest BCUT2D eigenvalue weighted by atomic mass is 9.86. The predicted octanol–water partition coefficient (Wildman–Crippen LogP) is 3.76. The fraction of sp³-hybridized carbons (Fsp3) is 0.160. The van der Waals surface area contributed by atoms with E-state index >= 15 is 0 Å². The number of nitro benzene ring substituents is 1. The molecule has 5 rings (SSSR count). The van der Waals surface area contributed by atoms with Gasteiger partial charge in [-0.05, 0) is 43.3 Å². The van der Waals surface area contributed by atoms with E-state index in [1.807, 2.05) is 0 Å². The zero-order valence-corrected chi connectivity index (χ0v) is 21.5. The highest BCUT2D eigenvalue weighted by molar-refractivity contribution is 7.92. The Bertz CT molecular complexity index is 1810. The lowest BCUT2D eigenvalue weighted by Gasteiger charge is -2.35. The molecule has 206 valence electrons. The van der Waals surface area contributed by atoms with Crippen LogP contribution in [0.25, 0.3) is 10.9 Å². The van der Waals surface area contributed by atoms with Crippen molar-refractivity contribution in [2.75, 3.05) is 4.72 Å². The number of nitrogens with zero attached hydrogens (tertiary/aromatic N) is 6. The van der Waals surface area contributed by atoms with Gasteiger partial charge in [-0.15, -0.1) is 0 Å². The number of sulfonamides is 1. The molecule has 15 heteroatoms. The normalized spacial score (nSPS) is 14.1. The largest absolute Gasteiger partial charge is 0.381 e. The highest BCUT2D eigenvalue weighted by Gasteiger charge is 2.41. The summed E-state index contributed by atoms with van der Waals surface area (Å²) in [5.74, 6) is -1.75. The van der Waals surface area contributed by atoms with Gasteiger partial charge < -0.3 is 5.11 Å². The van der Waals surface area contributed by atoms with E-state index in [0.29, 0.717) is 17.0 Å². The number of anilines is 1. The lowest BCUT2D eigenvalue weighted by Crippen LogP contribution is -2.41. The van der Waals surface area contributed by atoms with Gasteiger partial charge in [0.15, 0.2) is 0 Å². The maximum Gasteiger partial charge on any atom is 0.269 e. The van der Waals surface area contributed by atoms with E-state index in [9.17, 15) is 32.4 Å². The molecule has 0 aliphatic heterocycles. The molecule has 0 radical (unpaired) electrons. The molecule has 40 heavy (non-hydrogen) atoms. The number of aromatic nitrogens is 5. The minimum atomic E-state index is -4.06. The van der Waals surface area contributed by atoms with E-state index in [0.717, 1.165) is 36.4 Å². The number of aliphatic hydroxyl groups is 1. The first kappa shape index (κ1) is 26.8. The molecule has 2 aromatic heterocycles. The topological polar surface area (TPSA) is 158 Å².